The smallest absolute Gasteiger partial charge is 0.131 e. The van der Waals surface area contributed by atoms with E-state index in [2.05, 4.69) is 57.6 Å². The van der Waals surface area contributed by atoms with Gasteiger partial charge < -0.3 is 9.88 Å². The molecule has 3 nitrogen and oxygen atoms in total. The molecule has 0 aliphatic rings. The van der Waals surface area contributed by atoms with Gasteiger partial charge in [-0.05, 0) is 54.4 Å². The highest BCUT2D eigenvalue weighted by Gasteiger charge is 2.20. The van der Waals surface area contributed by atoms with Crippen LogP contribution in [0.3, 0.4) is 0 Å². The van der Waals surface area contributed by atoms with Crippen molar-refractivity contribution in [3.63, 3.8) is 0 Å². The molecule has 0 amide bonds. The van der Waals surface area contributed by atoms with Crippen molar-refractivity contribution >= 4 is 27.3 Å². The van der Waals surface area contributed by atoms with Crippen LogP contribution in [0.25, 0.3) is 0 Å². The number of rotatable bonds is 6. The Bertz CT molecular complexity index is 513. The largest absolute Gasteiger partial charge is 0.334 e. The Balaban J connectivity index is 2.35. The third-order valence-corrected chi connectivity index (χ3v) is 5.31. The van der Waals surface area contributed by atoms with Crippen LogP contribution < -0.4 is 5.32 Å². The molecule has 1 atom stereocenters. The maximum absolute atomic E-state index is 4.55. The lowest BCUT2D eigenvalue weighted by atomic mass is 10.2. The van der Waals surface area contributed by atoms with Gasteiger partial charge in [-0.3, -0.25) is 0 Å². The van der Waals surface area contributed by atoms with Crippen molar-refractivity contribution in [2.24, 2.45) is 0 Å². The van der Waals surface area contributed by atoms with E-state index in [0.29, 0.717) is 0 Å². The molecule has 5 heteroatoms. The van der Waals surface area contributed by atoms with Gasteiger partial charge in [0.15, 0.2) is 0 Å². The van der Waals surface area contributed by atoms with Crippen LogP contribution in [-0.4, -0.2) is 16.1 Å². The van der Waals surface area contributed by atoms with Gasteiger partial charge in [-0.1, -0.05) is 6.92 Å². The summed E-state index contributed by atoms with van der Waals surface area (Å²) in [5, 5.41) is 3.61. The van der Waals surface area contributed by atoms with Gasteiger partial charge in [-0.2, -0.15) is 0 Å². The van der Waals surface area contributed by atoms with Crippen LogP contribution in [0.4, 0.5) is 0 Å². The fourth-order valence-corrected chi connectivity index (χ4v) is 3.73. The molecule has 0 fully saturated rings. The highest BCUT2D eigenvalue weighted by Crippen LogP contribution is 2.33. The maximum Gasteiger partial charge on any atom is 0.131 e. The van der Waals surface area contributed by atoms with Crippen molar-refractivity contribution < 1.29 is 0 Å². The minimum atomic E-state index is 0.185. The maximum atomic E-state index is 4.55. The molecule has 0 saturated carbocycles. The SMILES string of the molecule is CCCNC(c1cc(C)c(Br)s1)c1nccn1CC. The van der Waals surface area contributed by atoms with Crippen LogP contribution >= 0.6 is 27.3 Å². The Labute approximate surface area is 127 Å². The topological polar surface area (TPSA) is 29.9 Å². The van der Waals surface area contributed by atoms with E-state index in [4.69, 9.17) is 0 Å². The third kappa shape index (κ3) is 3.27. The third-order valence-electron chi connectivity index (χ3n) is 3.11. The molecule has 2 rings (SSSR count). The first-order valence-electron chi connectivity index (χ1n) is 6.67. The minimum absolute atomic E-state index is 0.185. The number of hydrogen-bond donors (Lipinski definition) is 1. The highest BCUT2D eigenvalue weighted by molar-refractivity contribution is 9.11. The molecule has 2 aromatic rings. The van der Waals surface area contributed by atoms with Gasteiger partial charge in [0.25, 0.3) is 0 Å². The molecule has 1 N–H and O–H groups in total. The predicted octanol–water partition coefficient (Wildman–Crippen LogP) is 4.12. The zero-order valence-corrected chi connectivity index (χ0v) is 14.0. The second-order valence-corrected chi connectivity index (χ2v) is 6.97. The second kappa shape index (κ2) is 6.68. The van der Waals surface area contributed by atoms with E-state index in [1.54, 1.807) is 11.3 Å². The first-order valence-corrected chi connectivity index (χ1v) is 8.28. The van der Waals surface area contributed by atoms with Crippen LogP contribution in [0.2, 0.25) is 0 Å². The van der Waals surface area contributed by atoms with Crippen LogP contribution in [0.1, 0.15) is 42.6 Å². The van der Waals surface area contributed by atoms with Gasteiger partial charge >= 0.3 is 0 Å². The molecule has 104 valence electrons. The van der Waals surface area contributed by atoms with Gasteiger partial charge in [-0.25, -0.2) is 4.98 Å². The summed E-state index contributed by atoms with van der Waals surface area (Å²) in [7, 11) is 0. The van der Waals surface area contributed by atoms with Gasteiger partial charge in [-0.15, -0.1) is 11.3 Å². The Morgan fingerprint density at radius 2 is 2.26 bits per heavy atom. The highest BCUT2D eigenvalue weighted by atomic mass is 79.9. The van der Waals surface area contributed by atoms with Crippen molar-refractivity contribution in [2.75, 3.05) is 6.54 Å². The molecule has 19 heavy (non-hydrogen) atoms. The fraction of sp³-hybridized carbons (Fsp3) is 0.500. The molecule has 0 aliphatic heterocycles. The Kier molecular flexibility index (Phi) is 5.19. The second-order valence-electron chi connectivity index (χ2n) is 4.56. The number of thiophene rings is 1. The molecular formula is C14H20BrN3S. The number of nitrogens with one attached hydrogen (secondary N) is 1. The van der Waals surface area contributed by atoms with E-state index in [1.165, 1.54) is 14.2 Å². The lowest BCUT2D eigenvalue weighted by molar-refractivity contribution is 0.547. The fourth-order valence-electron chi connectivity index (χ4n) is 2.08. The summed E-state index contributed by atoms with van der Waals surface area (Å²) in [6, 6.07) is 2.43. The lowest BCUT2D eigenvalue weighted by Gasteiger charge is -2.18. The van der Waals surface area contributed by atoms with Crippen LogP contribution in [0, 0.1) is 6.92 Å². The Morgan fingerprint density at radius 1 is 1.47 bits per heavy atom. The van der Waals surface area contributed by atoms with Crippen molar-refractivity contribution in [3.05, 3.63) is 38.5 Å². The summed E-state index contributed by atoms with van der Waals surface area (Å²) >= 11 is 5.41. The van der Waals surface area contributed by atoms with Gasteiger partial charge in [0.05, 0.1) is 3.79 Å². The standard InChI is InChI=1S/C14H20BrN3S/c1-4-6-16-12(11-9-10(3)13(15)19-11)14-17-7-8-18(14)5-2/h7-9,12,16H,4-6H2,1-3H3. The molecule has 2 heterocycles. The quantitative estimate of drug-likeness (QED) is 0.856. The van der Waals surface area contributed by atoms with E-state index in [1.807, 2.05) is 12.4 Å². The molecule has 0 bridgehead atoms. The number of nitrogens with zero attached hydrogens (tertiary/aromatic N) is 2. The average Bonchev–Trinajstić information content (AvgIpc) is 2.98. The molecule has 0 spiro atoms. The predicted molar refractivity (Wildman–Crippen MR) is 84.8 cm³/mol. The summed E-state index contributed by atoms with van der Waals surface area (Å²) in [5.74, 6) is 1.10. The summed E-state index contributed by atoms with van der Waals surface area (Å²) in [6.07, 6.45) is 5.05. The van der Waals surface area contributed by atoms with E-state index < -0.39 is 0 Å². The van der Waals surface area contributed by atoms with Gasteiger partial charge in [0, 0.05) is 23.8 Å². The lowest BCUT2D eigenvalue weighted by Crippen LogP contribution is -2.25. The molecule has 0 radical (unpaired) electrons. The molecule has 0 aromatic carbocycles. The molecule has 1 unspecified atom stereocenters. The van der Waals surface area contributed by atoms with Crippen molar-refractivity contribution in [1.29, 1.82) is 0 Å². The van der Waals surface area contributed by atoms with Gasteiger partial charge in [0.1, 0.15) is 11.9 Å². The number of aryl methyl sites for hydroxylation is 2. The zero-order chi connectivity index (χ0) is 13.8. The van der Waals surface area contributed by atoms with Crippen molar-refractivity contribution in [2.45, 2.75) is 39.8 Å². The monoisotopic (exact) mass is 341 g/mol. The number of halogens is 1. The van der Waals surface area contributed by atoms with Crippen molar-refractivity contribution in [1.82, 2.24) is 14.9 Å². The summed E-state index contributed by atoms with van der Waals surface area (Å²) in [6.45, 7) is 8.41. The number of imidazole rings is 1. The van der Waals surface area contributed by atoms with Crippen LogP contribution in [-0.2, 0) is 6.54 Å². The number of aromatic nitrogens is 2. The molecule has 2 aromatic heterocycles. The zero-order valence-electron chi connectivity index (χ0n) is 11.6. The molecule has 0 saturated heterocycles. The molecule has 0 aliphatic carbocycles. The van der Waals surface area contributed by atoms with E-state index in [-0.39, 0.29) is 6.04 Å². The number of hydrogen-bond acceptors (Lipinski definition) is 3. The minimum Gasteiger partial charge on any atom is -0.334 e. The van der Waals surface area contributed by atoms with E-state index in [9.17, 15) is 0 Å². The summed E-state index contributed by atoms with van der Waals surface area (Å²) < 4.78 is 3.41. The average molecular weight is 342 g/mol. The van der Waals surface area contributed by atoms with Gasteiger partial charge in [0.2, 0.25) is 0 Å². The Hall–Kier alpha value is -0.650. The first kappa shape index (κ1) is 14.8. The van der Waals surface area contributed by atoms with E-state index in [0.717, 1.165) is 25.3 Å². The Morgan fingerprint density at radius 3 is 2.84 bits per heavy atom. The van der Waals surface area contributed by atoms with Crippen LogP contribution in [0.15, 0.2) is 22.2 Å². The van der Waals surface area contributed by atoms with E-state index >= 15 is 0 Å². The summed E-state index contributed by atoms with van der Waals surface area (Å²) in [4.78, 5) is 5.87. The van der Waals surface area contributed by atoms with Crippen molar-refractivity contribution in [3.8, 4) is 0 Å². The summed E-state index contributed by atoms with van der Waals surface area (Å²) in [5.41, 5.74) is 1.29. The normalized spacial score (nSPS) is 12.8. The van der Waals surface area contributed by atoms with Crippen LogP contribution in [0.5, 0.6) is 0 Å². The first-order chi connectivity index (χ1) is 9.17. The molecular weight excluding hydrogens is 322 g/mol.